The van der Waals surface area contributed by atoms with Crippen LogP contribution in [0.2, 0.25) is 0 Å². The molecule has 1 unspecified atom stereocenters. The van der Waals surface area contributed by atoms with E-state index in [1.807, 2.05) is 76.4 Å². The lowest BCUT2D eigenvalue weighted by Gasteiger charge is -2.31. The fourth-order valence-electron chi connectivity index (χ4n) is 6.17. The number of carbonyl (C=O) groups is 2. The summed E-state index contributed by atoms with van der Waals surface area (Å²) in [6, 6.07) is 30.6. The summed E-state index contributed by atoms with van der Waals surface area (Å²) in [5, 5.41) is 1.02. The zero-order chi connectivity index (χ0) is 33.7. The van der Waals surface area contributed by atoms with Gasteiger partial charge in [-0.15, -0.1) is 0 Å². The Morgan fingerprint density at radius 3 is 2.44 bits per heavy atom. The highest BCUT2D eigenvalue weighted by Gasteiger charge is 2.28. The highest BCUT2D eigenvalue weighted by Crippen LogP contribution is 2.32. The van der Waals surface area contributed by atoms with Crippen molar-refractivity contribution in [3.63, 3.8) is 0 Å². The number of hydrogen-bond donors (Lipinski definition) is 0. The molecule has 1 aliphatic heterocycles. The topological polar surface area (TPSA) is 82.9 Å². The molecule has 0 saturated heterocycles. The van der Waals surface area contributed by atoms with E-state index in [-0.39, 0.29) is 24.5 Å². The molecule has 0 aliphatic carbocycles. The number of amides is 1. The Balaban J connectivity index is 1.16. The lowest BCUT2D eigenvalue weighted by atomic mass is 9.99. The van der Waals surface area contributed by atoms with Crippen LogP contribution in [-0.2, 0) is 27.1 Å². The number of esters is 1. The molecule has 5 aromatic rings. The predicted molar refractivity (Wildman–Crippen MR) is 189 cm³/mol. The maximum absolute atomic E-state index is 12.9. The SMILES string of the molecule is CCOC(=O)CC(c1ccc(-c2ccccc2)cc1)n1ccc2cc(OCCc3ccc4c(n3)N(C(=O)OC(C)(C)C)CCC4)ccc21. The maximum atomic E-state index is 12.9. The summed E-state index contributed by atoms with van der Waals surface area (Å²) >= 11 is 0. The van der Waals surface area contributed by atoms with Gasteiger partial charge in [0, 0.05) is 35.8 Å². The number of fused-ring (bicyclic) bond motifs is 2. The molecule has 1 aliphatic rings. The maximum Gasteiger partial charge on any atom is 0.416 e. The molecule has 1 amide bonds. The Bertz CT molecular complexity index is 1880. The van der Waals surface area contributed by atoms with Crippen LogP contribution in [0.15, 0.2) is 97.2 Å². The van der Waals surface area contributed by atoms with E-state index >= 15 is 0 Å². The van der Waals surface area contributed by atoms with E-state index in [9.17, 15) is 9.59 Å². The van der Waals surface area contributed by atoms with E-state index < -0.39 is 5.60 Å². The summed E-state index contributed by atoms with van der Waals surface area (Å²) in [6.07, 6.45) is 4.24. The van der Waals surface area contributed by atoms with Crippen LogP contribution in [0.4, 0.5) is 10.6 Å². The second-order valence-corrected chi connectivity index (χ2v) is 13.1. The van der Waals surface area contributed by atoms with Gasteiger partial charge in [-0.05, 0) is 93.1 Å². The zero-order valence-electron chi connectivity index (χ0n) is 28.1. The first-order chi connectivity index (χ1) is 23.2. The molecule has 0 spiro atoms. The molecular formula is C40H43N3O5. The van der Waals surface area contributed by atoms with Crippen molar-refractivity contribution >= 4 is 28.8 Å². The molecule has 3 heterocycles. The van der Waals surface area contributed by atoms with Crippen LogP contribution < -0.4 is 9.64 Å². The minimum absolute atomic E-state index is 0.222. The third-order valence-corrected chi connectivity index (χ3v) is 8.43. The molecule has 0 N–H and O–H groups in total. The number of pyridine rings is 1. The van der Waals surface area contributed by atoms with Gasteiger partial charge < -0.3 is 18.8 Å². The number of rotatable bonds is 10. The predicted octanol–water partition coefficient (Wildman–Crippen LogP) is 8.56. The Hall–Kier alpha value is -5.11. The molecule has 0 saturated carbocycles. The molecule has 8 nitrogen and oxygen atoms in total. The number of anilines is 1. The van der Waals surface area contributed by atoms with Gasteiger partial charge in [-0.2, -0.15) is 0 Å². The van der Waals surface area contributed by atoms with Crippen molar-refractivity contribution in [2.75, 3.05) is 24.7 Å². The first kappa shape index (κ1) is 32.8. The summed E-state index contributed by atoms with van der Waals surface area (Å²) in [4.78, 5) is 32.1. The van der Waals surface area contributed by atoms with E-state index in [0.717, 1.165) is 57.4 Å². The van der Waals surface area contributed by atoms with Crippen LogP contribution in [0.3, 0.4) is 0 Å². The first-order valence-electron chi connectivity index (χ1n) is 16.7. The van der Waals surface area contributed by atoms with Crippen LogP contribution in [0.25, 0.3) is 22.0 Å². The molecule has 248 valence electrons. The molecule has 1 atom stereocenters. The van der Waals surface area contributed by atoms with Gasteiger partial charge >= 0.3 is 12.1 Å². The van der Waals surface area contributed by atoms with Gasteiger partial charge in [0.05, 0.1) is 25.7 Å². The minimum atomic E-state index is -0.571. The minimum Gasteiger partial charge on any atom is -0.493 e. The van der Waals surface area contributed by atoms with Gasteiger partial charge in [-0.3, -0.25) is 9.69 Å². The molecule has 3 aromatic carbocycles. The van der Waals surface area contributed by atoms with Gasteiger partial charge in [0.15, 0.2) is 0 Å². The van der Waals surface area contributed by atoms with Crippen molar-refractivity contribution in [3.8, 4) is 16.9 Å². The van der Waals surface area contributed by atoms with Crippen molar-refractivity contribution in [1.29, 1.82) is 0 Å². The fourth-order valence-corrected chi connectivity index (χ4v) is 6.17. The molecule has 2 aromatic heterocycles. The van der Waals surface area contributed by atoms with Gasteiger partial charge in [-0.25, -0.2) is 9.78 Å². The van der Waals surface area contributed by atoms with E-state index in [4.69, 9.17) is 19.2 Å². The van der Waals surface area contributed by atoms with Gasteiger partial charge in [0.2, 0.25) is 0 Å². The van der Waals surface area contributed by atoms with Gasteiger partial charge in [0.1, 0.15) is 17.2 Å². The fraction of sp³-hybridized carbons (Fsp3) is 0.325. The second kappa shape index (κ2) is 14.3. The van der Waals surface area contributed by atoms with Gasteiger partial charge in [-0.1, -0.05) is 60.7 Å². The summed E-state index contributed by atoms with van der Waals surface area (Å²) < 4.78 is 19.3. The average Bonchev–Trinajstić information content (AvgIpc) is 3.50. The zero-order valence-corrected chi connectivity index (χ0v) is 28.1. The standard InChI is InChI=1S/C40H43N3O5/c1-5-46-37(44)27-36(30-15-13-29(14-16-30)28-10-7-6-8-11-28)42-24-21-32-26-34(19-20-35(32)42)47-25-22-33-18-17-31-12-9-23-43(38(31)41-33)39(45)48-40(2,3)4/h6-8,10-11,13-21,24,26,36H,5,9,12,22-23,25,27H2,1-4H3. The van der Waals surface area contributed by atoms with E-state index in [2.05, 4.69) is 53.1 Å². The van der Waals surface area contributed by atoms with E-state index in [1.165, 1.54) is 0 Å². The van der Waals surface area contributed by atoms with Crippen molar-refractivity contribution in [3.05, 3.63) is 114 Å². The molecule has 0 fully saturated rings. The van der Waals surface area contributed by atoms with Crippen molar-refractivity contribution in [2.45, 2.75) is 65.0 Å². The lowest BCUT2D eigenvalue weighted by molar-refractivity contribution is -0.143. The first-order valence-corrected chi connectivity index (χ1v) is 16.7. The van der Waals surface area contributed by atoms with Crippen molar-refractivity contribution < 1.29 is 23.8 Å². The van der Waals surface area contributed by atoms with Gasteiger partial charge in [0.25, 0.3) is 0 Å². The summed E-state index contributed by atoms with van der Waals surface area (Å²) in [5.74, 6) is 1.20. The van der Waals surface area contributed by atoms with Crippen LogP contribution in [-0.4, -0.2) is 47.0 Å². The number of aryl methyl sites for hydroxylation is 1. The molecule has 8 heteroatoms. The van der Waals surface area contributed by atoms with Crippen LogP contribution in [0.1, 0.15) is 63.4 Å². The average molecular weight is 646 g/mol. The van der Waals surface area contributed by atoms with Crippen LogP contribution in [0.5, 0.6) is 5.75 Å². The quantitative estimate of drug-likeness (QED) is 0.142. The van der Waals surface area contributed by atoms with Crippen LogP contribution >= 0.6 is 0 Å². The van der Waals surface area contributed by atoms with Crippen LogP contribution in [0, 0.1) is 0 Å². The normalized spacial score (nSPS) is 13.5. The van der Waals surface area contributed by atoms with E-state index in [0.29, 0.717) is 32.0 Å². The van der Waals surface area contributed by atoms with Crippen molar-refractivity contribution in [1.82, 2.24) is 9.55 Å². The lowest BCUT2D eigenvalue weighted by Crippen LogP contribution is -2.40. The Labute approximate surface area is 282 Å². The molecule has 6 rings (SSSR count). The third-order valence-electron chi connectivity index (χ3n) is 8.43. The molecule has 48 heavy (non-hydrogen) atoms. The Morgan fingerprint density at radius 2 is 1.69 bits per heavy atom. The summed E-state index contributed by atoms with van der Waals surface area (Å²) in [5.41, 5.74) is 5.65. The second-order valence-electron chi connectivity index (χ2n) is 13.1. The third kappa shape index (κ3) is 7.71. The number of aromatic nitrogens is 2. The smallest absolute Gasteiger partial charge is 0.416 e. The molecule has 0 radical (unpaired) electrons. The molecular weight excluding hydrogens is 602 g/mol. The summed E-state index contributed by atoms with van der Waals surface area (Å²) in [7, 11) is 0. The van der Waals surface area contributed by atoms with Crippen molar-refractivity contribution in [2.24, 2.45) is 0 Å². The summed E-state index contributed by atoms with van der Waals surface area (Å²) in [6.45, 7) is 8.81. The number of nitrogens with zero attached hydrogens (tertiary/aromatic N) is 3. The highest BCUT2D eigenvalue weighted by atomic mass is 16.6. The Morgan fingerprint density at radius 1 is 0.917 bits per heavy atom. The monoisotopic (exact) mass is 645 g/mol. The highest BCUT2D eigenvalue weighted by molar-refractivity contribution is 5.88. The van der Waals surface area contributed by atoms with E-state index in [1.54, 1.807) is 4.90 Å². The Kier molecular flexibility index (Phi) is 9.80. The number of carbonyl (C=O) groups excluding carboxylic acids is 2. The number of benzene rings is 3. The number of hydrogen-bond acceptors (Lipinski definition) is 6. The molecule has 0 bridgehead atoms. The largest absolute Gasteiger partial charge is 0.493 e. The number of ether oxygens (including phenoxy) is 3.